The topological polar surface area (TPSA) is 3.24 Å². The number of hydrogen-bond acceptors (Lipinski definition) is 1. The van der Waals surface area contributed by atoms with Gasteiger partial charge in [0.25, 0.3) is 0 Å². The zero-order chi connectivity index (χ0) is 12.0. The summed E-state index contributed by atoms with van der Waals surface area (Å²) in [7, 11) is 0. The molecule has 1 heteroatoms. The molecule has 2 saturated heterocycles. The Labute approximate surface area is 107 Å². The van der Waals surface area contributed by atoms with E-state index < -0.39 is 0 Å². The summed E-state index contributed by atoms with van der Waals surface area (Å²) in [5.74, 6) is 2.95. The third-order valence-electron chi connectivity index (χ3n) is 6.42. The second-order valence-corrected chi connectivity index (χ2v) is 7.53. The van der Waals surface area contributed by atoms with Crippen LogP contribution in [0.4, 0.5) is 0 Å². The molecule has 3 rings (SSSR count). The van der Waals surface area contributed by atoms with Crippen LogP contribution in [0.1, 0.15) is 59.3 Å². The molecule has 0 aromatic carbocycles. The molecule has 0 spiro atoms. The molecule has 0 aromatic heterocycles. The molecule has 4 unspecified atom stereocenters. The van der Waals surface area contributed by atoms with Gasteiger partial charge in [0.1, 0.15) is 0 Å². The molecule has 0 bridgehead atoms. The van der Waals surface area contributed by atoms with Gasteiger partial charge in [0, 0.05) is 12.6 Å². The molecule has 4 atom stereocenters. The summed E-state index contributed by atoms with van der Waals surface area (Å²) in [4.78, 5) is 2.84. The maximum absolute atomic E-state index is 2.84. The zero-order valence-electron chi connectivity index (χ0n) is 11.9. The number of nitrogens with zero attached hydrogens (tertiary/aromatic N) is 1. The third kappa shape index (κ3) is 1.95. The molecule has 1 saturated carbocycles. The Morgan fingerprint density at radius 2 is 2.00 bits per heavy atom. The normalized spacial score (nSPS) is 46.9. The Hall–Kier alpha value is -0.0400. The summed E-state index contributed by atoms with van der Waals surface area (Å²) < 4.78 is 0. The Balaban J connectivity index is 1.76. The van der Waals surface area contributed by atoms with Gasteiger partial charge < -0.3 is 0 Å². The first kappa shape index (κ1) is 12.0. The lowest BCUT2D eigenvalue weighted by atomic mass is 9.61. The number of piperidine rings is 1. The van der Waals surface area contributed by atoms with Gasteiger partial charge >= 0.3 is 0 Å². The van der Waals surface area contributed by atoms with Gasteiger partial charge in [-0.1, -0.05) is 27.2 Å². The maximum Gasteiger partial charge on any atom is 0.0127 e. The summed E-state index contributed by atoms with van der Waals surface area (Å²) >= 11 is 0. The van der Waals surface area contributed by atoms with Crippen LogP contribution in [0.5, 0.6) is 0 Å². The molecule has 17 heavy (non-hydrogen) atoms. The summed E-state index contributed by atoms with van der Waals surface area (Å²) in [5.41, 5.74) is 0.634. The van der Waals surface area contributed by atoms with Crippen molar-refractivity contribution in [2.75, 3.05) is 13.1 Å². The third-order valence-corrected chi connectivity index (χ3v) is 6.42. The fraction of sp³-hybridized carbons (Fsp3) is 1.00. The van der Waals surface area contributed by atoms with Crippen LogP contribution in [-0.4, -0.2) is 24.0 Å². The fourth-order valence-electron chi connectivity index (χ4n) is 4.77. The van der Waals surface area contributed by atoms with Crippen LogP contribution >= 0.6 is 0 Å². The van der Waals surface area contributed by atoms with Crippen molar-refractivity contribution in [3.05, 3.63) is 0 Å². The van der Waals surface area contributed by atoms with Gasteiger partial charge in [-0.25, -0.2) is 0 Å². The highest BCUT2D eigenvalue weighted by Crippen LogP contribution is 2.52. The highest BCUT2D eigenvalue weighted by molar-refractivity contribution is 5.01. The molecule has 0 amide bonds. The molecule has 0 aromatic rings. The molecule has 0 radical (unpaired) electrons. The van der Waals surface area contributed by atoms with Gasteiger partial charge in [0.15, 0.2) is 0 Å². The van der Waals surface area contributed by atoms with E-state index >= 15 is 0 Å². The Kier molecular flexibility index (Phi) is 3.01. The van der Waals surface area contributed by atoms with Crippen LogP contribution in [0.2, 0.25) is 0 Å². The molecule has 98 valence electrons. The quantitative estimate of drug-likeness (QED) is 0.665. The van der Waals surface area contributed by atoms with E-state index in [-0.39, 0.29) is 0 Å². The van der Waals surface area contributed by atoms with E-state index in [2.05, 4.69) is 25.7 Å². The van der Waals surface area contributed by atoms with Crippen LogP contribution in [0.3, 0.4) is 0 Å². The summed E-state index contributed by atoms with van der Waals surface area (Å²) in [6.45, 7) is 10.3. The largest absolute Gasteiger partial charge is 0.300 e. The van der Waals surface area contributed by atoms with E-state index in [1.54, 1.807) is 0 Å². The van der Waals surface area contributed by atoms with Crippen LogP contribution in [0.25, 0.3) is 0 Å². The van der Waals surface area contributed by atoms with E-state index in [4.69, 9.17) is 0 Å². The minimum Gasteiger partial charge on any atom is -0.300 e. The predicted octanol–water partition coefficient (Wildman–Crippen LogP) is 3.93. The lowest BCUT2D eigenvalue weighted by Gasteiger charge is -2.45. The zero-order valence-corrected chi connectivity index (χ0v) is 11.9. The van der Waals surface area contributed by atoms with E-state index in [0.717, 1.165) is 23.8 Å². The van der Waals surface area contributed by atoms with E-state index in [1.807, 2.05) is 0 Å². The smallest absolute Gasteiger partial charge is 0.0127 e. The van der Waals surface area contributed by atoms with E-state index in [0.29, 0.717) is 5.41 Å². The van der Waals surface area contributed by atoms with E-state index in [1.165, 1.54) is 51.6 Å². The second kappa shape index (κ2) is 4.26. The van der Waals surface area contributed by atoms with Gasteiger partial charge in [-0.05, 0) is 61.8 Å². The number of hydrogen-bond donors (Lipinski definition) is 0. The fourth-order valence-corrected chi connectivity index (χ4v) is 4.77. The molecule has 0 N–H and O–H groups in total. The van der Waals surface area contributed by atoms with Crippen molar-refractivity contribution >= 4 is 0 Å². The molecule has 3 fully saturated rings. The number of fused-ring (bicyclic) bond motifs is 3. The molecule has 2 heterocycles. The number of rotatable bonds is 1. The first-order valence-corrected chi connectivity index (χ1v) is 7.84. The van der Waals surface area contributed by atoms with Gasteiger partial charge in [-0.2, -0.15) is 0 Å². The van der Waals surface area contributed by atoms with Crippen LogP contribution in [-0.2, 0) is 0 Å². The van der Waals surface area contributed by atoms with Crippen molar-refractivity contribution in [2.24, 2.45) is 23.2 Å². The van der Waals surface area contributed by atoms with Crippen LogP contribution < -0.4 is 0 Å². The maximum atomic E-state index is 2.84. The van der Waals surface area contributed by atoms with Crippen LogP contribution in [0.15, 0.2) is 0 Å². The second-order valence-electron chi connectivity index (χ2n) is 7.53. The average molecular weight is 235 g/mol. The first-order chi connectivity index (χ1) is 8.10. The van der Waals surface area contributed by atoms with Crippen molar-refractivity contribution in [3.63, 3.8) is 0 Å². The summed E-state index contributed by atoms with van der Waals surface area (Å²) in [5, 5.41) is 0. The predicted molar refractivity (Wildman–Crippen MR) is 73.0 cm³/mol. The first-order valence-electron chi connectivity index (χ1n) is 7.84. The molecule has 3 aliphatic rings. The minimum absolute atomic E-state index is 0.634. The summed E-state index contributed by atoms with van der Waals surface area (Å²) in [6, 6.07) is 0.965. The minimum atomic E-state index is 0.634. The van der Waals surface area contributed by atoms with Crippen molar-refractivity contribution in [2.45, 2.75) is 65.3 Å². The molecule has 1 aliphatic carbocycles. The highest BCUT2D eigenvalue weighted by Gasteiger charge is 2.48. The standard InChI is InChI=1S/C16H29N/c1-12(2)16(3)8-7-13-11-17-9-5-4-6-15(17)14(13)10-16/h12-15H,4-11H2,1-3H3. The average Bonchev–Trinajstić information content (AvgIpc) is 2.67. The molecular weight excluding hydrogens is 206 g/mol. The van der Waals surface area contributed by atoms with E-state index in [9.17, 15) is 0 Å². The van der Waals surface area contributed by atoms with Gasteiger partial charge in [0.2, 0.25) is 0 Å². The Morgan fingerprint density at radius 1 is 1.18 bits per heavy atom. The molecular formula is C16H29N. The van der Waals surface area contributed by atoms with Gasteiger partial charge in [0.05, 0.1) is 0 Å². The lowest BCUT2D eigenvalue weighted by molar-refractivity contribution is 0.0615. The highest BCUT2D eigenvalue weighted by atomic mass is 15.2. The monoisotopic (exact) mass is 235 g/mol. The molecule has 2 aliphatic heterocycles. The van der Waals surface area contributed by atoms with Crippen molar-refractivity contribution in [3.8, 4) is 0 Å². The lowest BCUT2D eigenvalue weighted by Crippen LogP contribution is -2.40. The van der Waals surface area contributed by atoms with Crippen molar-refractivity contribution in [1.82, 2.24) is 4.90 Å². The molecule has 1 nitrogen and oxygen atoms in total. The van der Waals surface area contributed by atoms with Gasteiger partial charge in [-0.3, -0.25) is 4.90 Å². The van der Waals surface area contributed by atoms with Crippen molar-refractivity contribution < 1.29 is 0 Å². The summed E-state index contributed by atoms with van der Waals surface area (Å²) in [6.07, 6.45) is 8.94. The Bertz CT molecular complexity index is 285. The van der Waals surface area contributed by atoms with Crippen LogP contribution in [0, 0.1) is 23.2 Å². The van der Waals surface area contributed by atoms with Gasteiger partial charge in [-0.15, -0.1) is 0 Å². The SMILES string of the molecule is CC(C)C1(C)CCC2CN3CCCCC3C2C1. The Morgan fingerprint density at radius 3 is 2.76 bits per heavy atom. The van der Waals surface area contributed by atoms with Crippen molar-refractivity contribution in [1.29, 1.82) is 0 Å².